The first-order valence-electron chi connectivity index (χ1n) is 7.16. The minimum absolute atomic E-state index is 0.0435. The Balaban J connectivity index is 3.23. The molecule has 0 bridgehead atoms. The maximum absolute atomic E-state index is 10.1. The van der Waals surface area contributed by atoms with Gasteiger partial charge < -0.3 is 14.6 Å². The van der Waals surface area contributed by atoms with Crippen LogP contribution in [-0.4, -0.2) is 30.2 Å². The number of nitrogens with zero attached hydrogens (tertiary/aromatic N) is 2. The van der Waals surface area contributed by atoms with Crippen molar-refractivity contribution in [1.29, 1.82) is 0 Å². The maximum Gasteiger partial charge on any atom is 0.230 e. The minimum Gasteiger partial charge on any atom is -0.492 e. The first-order chi connectivity index (χ1) is 11.5. The summed E-state index contributed by atoms with van der Waals surface area (Å²) >= 11 is 1.36. The summed E-state index contributed by atoms with van der Waals surface area (Å²) in [6.07, 6.45) is 9.08. The topological polar surface area (TPSA) is 63.9 Å². The molecule has 1 rings (SSSR count). The zero-order chi connectivity index (χ0) is 18.1. The SMILES string of the molecule is C=C/C(=C\C=C/C)c1nc(O)c(/C(C)=C/C(=N\C(=C)OC)OC)s1. The Bertz CT molecular complexity index is 725. The van der Waals surface area contributed by atoms with E-state index < -0.39 is 0 Å². The highest BCUT2D eigenvalue weighted by Crippen LogP contribution is 2.34. The van der Waals surface area contributed by atoms with Gasteiger partial charge in [0.15, 0.2) is 0 Å². The van der Waals surface area contributed by atoms with Crippen molar-refractivity contribution < 1.29 is 14.6 Å². The second-order valence-corrected chi connectivity index (χ2v) is 5.60. The van der Waals surface area contributed by atoms with Gasteiger partial charge in [-0.15, -0.1) is 11.3 Å². The molecule has 24 heavy (non-hydrogen) atoms. The highest BCUT2D eigenvalue weighted by molar-refractivity contribution is 7.14. The normalized spacial score (nSPS) is 13.2. The van der Waals surface area contributed by atoms with Crippen LogP contribution in [-0.2, 0) is 9.47 Å². The molecule has 1 aromatic rings. The van der Waals surface area contributed by atoms with Gasteiger partial charge in [0, 0.05) is 11.6 Å². The van der Waals surface area contributed by atoms with Crippen LogP contribution >= 0.6 is 11.3 Å². The molecule has 128 valence electrons. The average molecular weight is 346 g/mol. The second kappa shape index (κ2) is 9.52. The van der Waals surface area contributed by atoms with Gasteiger partial charge in [-0.2, -0.15) is 4.99 Å². The lowest BCUT2D eigenvalue weighted by Gasteiger charge is -2.03. The monoisotopic (exact) mass is 346 g/mol. The Morgan fingerprint density at radius 1 is 1.33 bits per heavy atom. The number of allylic oxidation sites excluding steroid dienone is 6. The first kappa shape index (κ1) is 19.4. The third-order valence-corrected chi connectivity index (χ3v) is 4.15. The number of hydrogen-bond acceptors (Lipinski definition) is 6. The molecule has 5 nitrogen and oxygen atoms in total. The first-order valence-corrected chi connectivity index (χ1v) is 7.98. The molecule has 0 aliphatic carbocycles. The Kier molecular flexibility index (Phi) is 7.71. The lowest BCUT2D eigenvalue weighted by atomic mass is 10.2. The predicted molar refractivity (Wildman–Crippen MR) is 101 cm³/mol. The molecule has 0 aliphatic rings. The summed E-state index contributed by atoms with van der Waals surface area (Å²) in [5, 5.41) is 10.8. The van der Waals surface area contributed by atoms with Crippen LogP contribution in [0, 0.1) is 0 Å². The molecule has 0 radical (unpaired) electrons. The van der Waals surface area contributed by atoms with Crippen LogP contribution in [0.1, 0.15) is 23.7 Å². The number of aromatic nitrogens is 1. The summed E-state index contributed by atoms with van der Waals surface area (Å²) in [7, 11) is 2.98. The fraction of sp³-hybridized carbons (Fsp3) is 0.222. The summed E-state index contributed by atoms with van der Waals surface area (Å²) in [6, 6.07) is 0. The van der Waals surface area contributed by atoms with Gasteiger partial charge >= 0.3 is 0 Å². The van der Waals surface area contributed by atoms with Crippen LogP contribution < -0.4 is 0 Å². The Hall–Kier alpha value is -2.60. The lowest BCUT2D eigenvalue weighted by molar-refractivity contribution is 0.286. The van der Waals surface area contributed by atoms with Crippen LogP contribution in [0.15, 0.2) is 54.4 Å². The third-order valence-electron chi connectivity index (χ3n) is 2.92. The molecule has 0 aliphatic heterocycles. The smallest absolute Gasteiger partial charge is 0.230 e. The molecule has 0 amide bonds. The van der Waals surface area contributed by atoms with Gasteiger partial charge in [-0.3, -0.25) is 0 Å². The molecule has 0 fully saturated rings. The van der Waals surface area contributed by atoms with E-state index in [-0.39, 0.29) is 11.8 Å². The zero-order valence-electron chi connectivity index (χ0n) is 14.4. The van der Waals surface area contributed by atoms with E-state index in [0.29, 0.717) is 15.8 Å². The molecular formula is C18H22N2O3S. The lowest BCUT2D eigenvalue weighted by Crippen LogP contribution is -1.99. The molecule has 0 saturated heterocycles. The highest BCUT2D eigenvalue weighted by Gasteiger charge is 2.14. The van der Waals surface area contributed by atoms with Gasteiger partial charge in [-0.25, -0.2) is 4.98 Å². The molecule has 0 saturated carbocycles. The summed E-state index contributed by atoms with van der Waals surface area (Å²) in [6.45, 7) is 11.2. The van der Waals surface area contributed by atoms with Gasteiger partial charge in [-0.05, 0) is 26.0 Å². The second-order valence-electron chi connectivity index (χ2n) is 4.60. The molecule has 1 aromatic heterocycles. The Labute approximate surface area is 146 Å². The largest absolute Gasteiger partial charge is 0.492 e. The van der Waals surface area contributed by atoms with E-state index in [1.165, 1.54) is 25.6 Å². The Morgan fingerprint density at radius 3 is 2.58 bits per heavy atom. The summed E-state index contributed by atoms with van der Waals surface area (Å²) in [5.41, 5.74) is 1.59. The van der Waals surface area contributed by atoms with Gasteiger partial charge in [-0.1, -0.05) is 30.9 Å². The van der Waals surface area contributed by atoms with E-state index in [9.17, 15) is 5.11 Å². The minimum atomic E-state index is -0.0435. The maximum atomic E-state index is 10.1. The van der Waals surface area contributed by atoms with Gasteiger partial charge in [0.1, 0.15) is 5.01 Å². The molecule has 1 heterocycles. The Morgan fingerprint density at radius 2 is 2.04 bits per heavy atom. The molecule has 1 N–H and O–H groups in total. The fourth-order valence-electron chi connectivity index (χ4n) is 1.68. The summed E-state index contributed by atoms with van der Waals surface area (Å²) in [5.74, 6) is 0.508. The number of aromatic hydroxyl groups is 1. The third kappa shape index (κ3) is 5.24. The van der Waals surface area contributed by atoms with Crippen molar-refractivity contribution in [3.63, 3.8) is 0 Å². The number of thiazole rings is 1. The molecule has 0 aromatic carbocycles. The van der Waals surface area contributed by atoms with Crippen LogP contribution in [0.3, 0.4) is 0 Å². The summed E-state index contributed by atoms with van der Waals surface area (Å²) < 4.78 is 10.1. The quantitative estimate of drug-likeness (QED) is 0.340. The number of methoxy groups -OCH3 is 2. The highest BCUT2D eigenvalue weighted by atomic mass is 32.1. The van der Waals surface area contributed by atoms with E-state index in [1.807, 2.05) is 32.1 Å². The van der Waals surface area contributed by atoms with Crippen LogP contribution in [0.5, 0.6) is 5.88 Å². The fourth-order valence-corrected chi connectivity index (χ4v) is 2.63. The van der Waals surface area contributed by atoms with E-state index in [0.717, 1.165) is 11.1 Å². The summed E-state index contributed by atoms with van der Waals surface area (Å²) in [4.78, 5) is 8.91. The van der Waals surface area contributed by atoms with Crippen molar-refractivity contribution in [2.24, 2.45) is 4.99 Å². The van der Waals surface area contributed by atoms with Gasteiger partial charge in [0.05, 0.1) is 19.1 Å². The molecule has 0 spiro atoms. The number of aliphatic imine (C=N–C) groups is 1. The van der Waals surface area contributed by atoms with E-state index in [4.69, 9.17) is 9.47 Å². The average Bonchev–Trinajstić information content (AvgIpc) is 2.96. The molecule has 0 unspecified atom stereocenters. The van der Waals surface area contributed by atoms with Crippen molar-refractivity contribution in [1.82, 2.24) is 4.98 Å². The molecule has 6 heteroatoms. The van der Waals surface area contributed by atoms with Crippen LogP contribution in [0.2, 0.25) is 0 Å². The standard InChI is InChI=1S/C18H22N2O3S/c1-7-9-10-14(8-2)18-20-17(21)16(24-18)12(3)11-15(23-6)19-13(4)22-5/h7-11,21H,2,4H2,1,3,5-6H3/b9-7-,12-11+,14-10+,19-15+. The number of ether oxygens (including phenoxy) is 2. The van der Waals surface area contributed by atoms with Crippen LogP contribution in [0.25, 0.3) is 11.1 Å². The number of hydrogen-bond donors (Lipinski definition) is 1. The van der Waals surface area contributed by atoms with Gasteiger partial charge in [0.25, 0.3) is 0 Å². The van der Waals surface area contributed by atoms with E-state index >= 15 is 0 Å². The van der Waals surface area contributed by atoms with Crippen molar-refractivity contribution in [3.8, 4) is 5.88 Å². The van der Waals surface area contributed by atoms with Crippen molar-refractivity contribution in [3.05, 3.63) is 59.3 Å². The van der Waals surface area contributed by atoms with Crippen molar-refractivity contribution in [2.45, 2.75) is 13.8 Å². The predicted octanol–water partition coefficient (Wildman–Crippen LogP) is 4.56. The number of rotatable bonds is 7. The molecule has 0 atom stereocenters. The molecular weight excluding hydrogens is 324 g/mol. The van der Waals surface area contributed by atoms with E-state index in [1.54, 1.807) is 12.2 Å². The van der Waals surface area contributed by atoms with Gasteiger partial charge in [0.2, 0.25) is 17.7 Å². The zero-order valence-corrected chi connectivity index (χ0v) is 15.2. The van der Waals surface area contributed by atoms with Crippen molar-refractivity contribution in [2.75, 3.05) is 14.2 Å². The van der Waals surface area contributed by atoms with Crippen molar-refractivity contribution >= 4 is 28.4 Å². The van der Waals surface area contributed by atoms with E-state index in [2.05, 4.69) is 23.1 Å². The van der Waals surface area contributed by atoms with Crippen LogP contribution in [0.4, 0.5) is 0 Å².